The summed E-state index contributed by atoms with van der Waals surface area (Å²) in [5.41, 5.74) is 0.622. The number of aliphatic hydroxyl groups excluding tert-OH is 1. The summed E-state index contributed by atoms with van der Waals surface area (Å²) in [5, 5.41) is 11.6. The number of ether oxygens (including phenoxy) is 1. The summed E-state index contributed by atoms with van der Waals surface area (Å²) in [7, 11) is 0. The zero-order chi connectivity index (χ0) is 23.0. The lowest BCUT2D eigenvalue weighted by Gasteiger charge is -2.23. The summed E-state index contributed by atoms with van der Waals surface area (Å²) in [4.78, 5) is 27.5. The Labute approximate surface area is 194 Å². The van der Waals surface area contributed by atoms with Gasteiger partial charge in [0, 0.05) is 11.3 Å². The van der Waals surface area contributed by atoms with Crippen LogP contribution in [0.1, 0.15) is 30.0 Å². The van der Waals surface area contributed by atoms with E-state index in [0.29, 0.717) is 34.6 Å². The van der Waals surface area contributed by atoms with E-state index in [1.807, 2.05) is 6.92 Å². The Morgan fingerprint density at radius 2 is 1.78 bits per heavy atom. The van der Waals surface area contributed by atoms with Crippen LogP contribution in [0, 0.1) is 6.92 Å². The smallest absolute Gasteiger partial charge is 0.300 e. The van der Waals surface area contributed by atoms with E-state index in [2.05, 4.69) is 0 Å². The number of hydrogen-bond acceptors (Lipinski definition) is 5. The van der Waals surface area contributed by atoms with Crippen molar-refractivity contribution in [2.24, 2.45) is 0 Å². The molecule has 0 saturated carbocycles. The minimum absolute atomic E-state index is 0.100. The third-order valence-corrected chi connectivity index (χ3v) is 5.83. The Hall–Kier alpha value is -3.22. The normalized spacial score (nSPS) is 17.8. The molecule has 0 radical (unpaired) electrons. The second kappa shape index (κ2) is 8.73. The van der Waals surface area contributed by atoms with E-state index in [9.17, 15) is 14.7 Å². The number of rotatable bonds is 5. The van der Waals surface area contributed by atoms with Gasteiger partial charge in [-0.3, -0.25) is 14.5 Å². The molecule has 0 bridgehead atoms. The van der Waals surface area contributed by atoms with Crippen LogP contribution >= 0.6 is 23.2 Å². The molecule has 1 unspecified atom stereocenters. The van der Waals surface area contributed by atoms with E-state index < -0.39 is 17.7 Å². The quantitative estimate of drug-likeness (QED) is 0.283. The number of anilines is 1. The van der Waals surface area contributed by atoms with Crippen LogP contribution in [-0.2, 0) is 9.59 Å². The molecule has 0 aliphatic carbocycles. The molecule has 1 atom stereocenters. The molecular weight excluding hydrogens is 453 g/mol. The first-order valence-corrected chi connectivity index (χ1v) is 10.6. The van der Waals surface area contributed by atoms with Gasteiger partial charge in [-0.2, -0.15) is 0 Å². The topological polar surface area (TPSA) is 80.0 Å². The molecule has 1 N–H and O–H groups in total. The highest BCUT2D eigenvalue weighted by atomic mass is 35.5. The molecule has 2 aromatic carbocycles. The van der Waals surface area contributed by atoms with Gasteiger partial charge in [0.1, 0.15) is 29.1 Å². The van der Waals surface area contributed by atoms with E-state index in [4.69, 9.17) is 32.4 Å². The second-order valence-electron chi connectivity index (χ2n) is 7.17. The van der Waals surface area contributed by atoms with Gasteiger partial charge in [-0.1, -0.05) is 23.2 Å². The third kappa shape index (κ3) is 3.87. The van der Waals surface area contributed by atoms with Crippen LogP contribution in [0.3, 0.4) is 0 Å². The molecule has 1 aliphatic rings. The van der Waals surface area contributed by atoms with E-state index in [1.54, 1.807) is 43.3 Å². The molecule has 1 aromatic heterocycles. The highest BCUT2D eigenvalue weighted by Gasteiger charge is 2.48. The predicted molar refractivity (Wildman–Crippen MR) is 122 cm³/mol. The van der Waals surface area contributed by atoms with E-state index in [1.165, 1.54) is 23.1 Å². The first-order chi connectivity index (χ1) is 15.3. The van der Waals surface area contributed by atoms with Crippen molar-refractivity contribution in [2.45, 2.75) is 19.9 Å². The summed E-state index contributed by atoms with van der Waals surface area (Å²) in [6, 6.07) is 13.7. The molecule has 0 spiro atoms. The van der Waals surface area contributed by atoms with Crippen LogP contribution in [0.15, 0.2) is 64.6 Å². The summed E-state index contributed by atoms with van der Waals surface area (Å²) >= 11 is 12.1. The summed E-state index contributed by atoms with van der Waals surface area (Å²) in [5.74, 6) is -0.399. The molecule has 1 amide bonds. The molecule has 1 aliphatic heterocycles. The average Bonchev–Trinajstić information content (AvgIpc) is 3.31. The van der Waals surface area contributed by atoms with Gasteiger partial charge in [-0.15, -0.1) is 0 Å². The van der Waals surface area contributed by atoms with Crippen LogP contribution in [0.2, 0.25) is 10.0 Å². The fourth-order valence-corrected chi connectivity index (χ4v) is 3.94. The fraction of sp³-hybridized carbons (Fsp3) is 0.167. The SMILES string of the molecule is CCOc1ccc(N2C(=O)C(=O)/C(=C(\O)c3ccc(Cl)c(Cl)c3)C2c2ccc(C)o2)cc1. The van der Waals surface area contributed by atoms with E-state index in [-0.39, 0.29) is 21.9 Å². The van der Waals surface area contributed by atoms with Gasteiger partial charge in [0.05, 0.1) is 22.2 Å². The van der Waals surface area contributed by atoms with Crippen molar-refractivity contribution in [3.63, 3.8) is 0 Å². The van der Waals surface area contributed by atoms with Gasteiger partial charge < -0.3 is 14.3 Å². The Bertz CT molecular complexity index is 1230. The number of Topliss-reactive ketones (excluding diaryl/α,β-unsaturated/α-hetero) is 1. The van der Waals surface area contributed by atoms with Gasteiger partial charge in [0.2, 0.25) is 0 Å². The average molecular weight is 472 g/mol. The number of carbonyl (C=O) groups is 2. The summed E-state index contributed by atoms with van der Waals surface area (Å²) < 4.78 is 11.2. The Kier molecular flexibility index (Phi) is 6.00. The number of halogens is 2. The number of furan rings is 1. The second-order valence-corrected chi connectivity index (χ2v) is 7.99. The Morgan fingerprint density at radius 1 is 1.06 bits per heavy atom. The maximum absolute atomic E-state index is 13.1. The number of amides is 1. The van der Waals surface area contributed by atoms with Gasteiger partial charge in [-0.05, 0) is 68.4 Å². The molecule has 2 heterocycles. The number of carbonyl (C=O) groups excluding carboxylic acids is 2. The first-order valence-electron chi connectivity index (χ1n) is 9.87. The van der Waals surface area contributed by atoms with Crippen LogP contribution in [0.25, 0.3) is 5.76 Å². The van der Waals surface area contributed by atoms with E-state index in [0.717, 1.165) is 0 Å². The van der Waals surface area contributed by atoms with Crippen LogP contribution in [-0.4, -0.2) is 23.4 Å². The number of ketones is 1. The minimum Gasteiger partial charge on any atom is -0.507 e. The fourth-order valence-electron chi connectivity index (χ4n) is 3.64. The molecule has 164 valence electrons. The Morgan fingerprint density at radius 3 is 2.38 bits per heavy atom. The van der Waals surface area contributed by atoms with Crippen molar-refractivity contribution >= 4 is 46.3 Å². The van der Waals surface area contributed by atoms with Crippen molar-refractivity contribution in [3.8, 4) is 5.75 Å². The van der Waals surface area contributed by atoms with Gasteiger partial charge in [-0.25, -0.2) is 0 Å². The molecule has 6 nitrogen and oxygen atoms in total. The van der Waals surface area contributed by atoms with Crippen molar-refractivity contribution in [1.29, 1.82) is 0 Å². The van der Waals surface area contributed by atoms with E-state index >= 15 is 0 Å². The molecule has 8 heteroatoms. The molecule has 32 heavy (non-hydrogen) atoms. The zero-order valence-corrected chi connectivity index (χ0v) is 18.8. The predicted octanol–water partition coefficient (Wildman–Crippen LogP) is 5.92. The molecule has 1 saturated heterocycles. The van der Waals surface area contributed by atoms with Crippen LogP contribution < -0.4 is 9.64 Å². The number of nitrogens with zero attached hydrogens (tertiary/aromatic N) is 1. The first kappa shape index (κ1) is 22.0. The lowest BCUT2D eigenvalue weighted by atomic mass is 9.99. The monoisotopic (exact) mass is 471 g/mol. The third-order valence-electron chi connectivity index (χ3n) is 5.09. The van der Waals surface area contributed by atoms with Crippen LogP contribution in [0.5, 0.6) is 5.75 Å². The molecule has 4 rings (SSSR count). The highest BCUT2D eigenvalue weighted by Crippen LogP contribution is 2.43. The summed E-state index contributed by atoms with van der Waals surface area (Å²) in [6.45, 7) is 4.12. The summed E-state index contributed by atoms with van der Waals surface area (Å²) in [6.07, 6.45) is 0. The highest BCUT2D eigenvalue weighted by molar-refractivity contribution is 6.51. The van der Waals surface area contributed by atoms with Crippen molar-refractivity contribution in [1.82, 2.24) is 0 Å². The maximum Gasteiger partial charge on any atom is 0.300 e. The Balaban J connectivity index is 1.88. The zero-order valence-electron chi connectivity index (χ0n) is 17.3. The molecular formula is C24H19Cl2NO5. The minimum atomic E-state index is -0.962. The van der Waals surface area contributed by atoms with Gasteiger partial charge in [0.15, 0.2) is 0 Å². The lowest BCUT2D eigenvalue weighted by Crippen LogP contribution is -2.29. The van der Waals surface area contributed by atoms with Crippen molar-refractivity contribution in [2.75, 3.05) is 11.5 Å². The lowest BCUT2D eigenvalue weighted by molar-refractivity contribution is -0.132. The molecule has 3 aromatic rings. The number of aliphatic hydroxyl groups is 1. The van der Waals surface area contributed by atoms with Gasteiger partial charge in [0.25, 0.3) is 11.7 Å². The number of aryl methyl sites for hydroxylation is 1. The van der Waals surface area contributed by atoms with Gasteiger partial charge >= 0.3 is 0 Å². The standard InChI is InChI=1S/C24H19Cl2NO5/c1-3-31-16-8-6-15(7-9-16)27-21(19-11-4-13(2)32-19)20(23(29)24(27)30)22(28)14-5-10-17(25)18(26)12-14/h4-12,21,28H,3H2,1-2H3/b22-20-. The number of benzene rings is 2. The van der Waals surface area contributed by atoms with Crippen molar-refractivity contribution in [3.05, 3.63) is 87.3 Å². The maximum atomic E-state index is 13.1. The number of hydrogen-bond donors (Lipinski definition) is 1. The van der Waals surface area contributed by atoms with Crippen LogP contribution in [0.4, 0.5) is 5.69 Å². The van der Waals surface area contributed by atoms with Crippen molar-refractivity contribution < 1.29 is 23.8 Å². The largest absolute Gasteiger partial charge is 0.507 e. The molecule has 1 fully saturated rings.